The zero-order valence-electron chi connectivity index (χ0n) is 17.0. The highest BCUT2D eigenvalue weighted by Gasteiger charge is 2.43. The van der Waals surface area contributed by atoms with Gasteiger partial charge in [0.25, 0.3) is 0 Å². The third-order valence-corrected chi connectivity index (χ3v) is 7.55. The minimum absolute atomic E-state index is 0.280. The normalized spacial score (nSPS) is 31.8. The van der Waals surface area contributed by atoms with Gasteiger partial charge in [-0.15, -0.1) is 0 Å². The summed E-state index contributed by atoms with van der Waals surface area (Å²) in [6.07, 6.45) is 3.84. The first-order valence-corrected chi connectivity index (χ1v) is 11.4. The number of hydrogen-bond donors (Lipinski definition) is 1. The first-order chi connectivity index (χ1) is 13.0. The van der Waals surface area contributed by atoms with Crippen LogP contribution in [0, 0.1) is 0 Å². The molecule has 0 amide bonds. The van der Waals surface area contributed by atoms with Gasteiger partial charge in [-0.1, -0.05) is 22.0 Å². The summed E-state index contributed by atoms with van der Waals surface area (Å²) in [6, 6.07) is 7.74. The lowest BCUT2D eigenvalue weighted by Crippen LogP contribution is -2.62. The topological polar surface area (TPSA) is 27.7 Å². The van der Waals surface area contributed by atoms with Gasteiger partial charge in [-0.3, -0.25) is 9.80 Å². The molecule has 1 unspecified atom stereocenters. The Hall–Kier alpha value is -0.460. The average molecular weight is 436 g/mol. The van der Waals surface area contributed by atoms with Gasteiger partial charge in [0.15, 0.2) is 0 Å². The Morgan fingerprint density at radius 3 is 2.74 bits per heavy atom. The van der Waals surface area contributed by atoms with Crippen LogP contribution in [0.1, 0.15) is 50.8 Å². The maximum atomic E-state index is 6.22. The highest BCUT2D eigenvalue weighted by molar-refractivity contribution is 9.10. The van der Waals surface area contributed by atoms with Gasteiger partial charge in [0.2, 0.25) is 0 Å². The molecule has 3 aliphatic rings. The fourth-order valence-corrected chi connectivity index (χ4v) is 5.89. The number of fused-ring (bicyclic) bond motifs is 1. The predicted molar refractivity (Wildman–Crippen MR) is 114 cm³/mol. The Morgan fingerprint density at radius 1 is 1.26 bits per heavy atom. The second-order valence-electron chi connectivity index (χ2n) is 8.77. The van der Waals surface area contributed by atoms with Crippen LogP contribution in [-0.2, 0) is 11.2 Å². The maximum Gasteiger partial charge on any atom is 0.0812 e. The number of ether oxygens (including phenoxy) is 1. The fraction of sp³-hybridized carbons (Fsp3) is 0.727. The molecule has 1 aromatic carbocycles. The second-order valence-corrected chi connectivity index (χ2v) is 9.68. The molecule has 2 aliphatic heterocycles. The first-order valence-electron chi connectivity index (χ1n) is 10.6. The van der Waals surface area contributed by atoms with Crippen molar-refractivity contribution >= 4 is 15.9 Å². The molecule has 27 heavy (non-hydrogen) atoms. The molecule has 1 N–H and O–H groups in total. The molecule has 0 aromatic heterocycles. The van der Waals surface area contributed by atoms with Crippen LogP contribution >= 0.6 is 15.9 Å². The van der Waals surface area contributed by atoms with Gasteiger partial charge in [-0.25, -0.2) is 0 Å². The molecule has 2 saturated heterocycles. The van der Waals surface area contributed by atoms with Crippen molar-refractivity contribution in [3.8, 4) is 0 Å². The van der Waals surface area contributed by atoms with Crippen LogP contribution in [0.15, 0.2) is 22.7 Å². The molecule has 1 aromatic rings. The van der Waals surface area contributed by atoms with Crippen LogP contribution in [0.5, 0.6) is 0 Å². The monoisotopic (exact) mass is 435 g/mol. The van der Waals surface area contributed by atoms with Crippen molar-refractivity contribution < 1.29 is 4.74 Å². The summed E-state index contributed by atoms with van der Waals surface area (Å²) in [6.45, 7) is 13.6. The van der Waals surface area contributed by atoms with Crippen LogP contribution < -0.4 is 5.32 Å². The van der Waals surface area contributed by atoms with Crippen molar-refractivity contribution in [3.63, 3.8) is 0 Å². The molecule has 5 heteroatoms. The molecular formula is C22H34BrN3O. The van der Waals surface area contributed by atoms with E-state index in [1.807, 2.05) is 0 Å². The zero-order valence-corrected chi connectivity index (χ0v) is 18.6. The van der Waals surface area contributed by atoms with E-state index in [2.05, 4.69) is 70.0 Å². The molecular weight excluding hydrogens is 402 g/mol. The molecule has 150 valence electrons. The highest BCUT2D eigenvalue weighted by atomic mass is 79.9. The molecule has 4 rings (SSSR count). The summed E-state index contributed by atoms with van der Waals surface area (Å²) in [5.74, 6) is 0. The van der Waals surface area contributed by atoms with Crippen molar-refractivity contribution in [2.24, 2.45) is 0 Å². The molecule has 0 radical (unpaired) electrons. The van der Waals surface area contributed by atoms with E-state index in [-0.39, 0.29) is 6.10 Å². The molecule has 1 aliphatic carbocycles. The molecule has 0 saturated carbocycles. The summed E-state index contributed by atoms with van der Waals surface area (Å²) < 4.78 is 7.40. The van der Waals surface area contributed by atoms with Gasteiger partial charge >= 0.3 is 0 Å². The fourth-order valence-electron chi connectivity index (χ4n) is 5.48. The average Bonchev–Trinajstić information content (AvgIpc) is 2.99. The van der Waals surface area contributed by atoms with Crippen LogP contribution in [0.3, 0.4) is 0 Å². The number of piperazine rings is 1. The number of nitrogens with one attached hydrogen (secondary N) is 1. The number of hydrogen-bond acceptors (Lipinski definition) is 4. The standard InChI is InChI=1S/C22H34BrN3O/c1-4-27-20-14-17-13-18(23)5-6-19(17)21(20)26-12-11-25(15-16(26)2)22(3)7-9-24-10-8-22/h5-6,13,16,20-21,24H,4,7-12,14-15H2,1-3H3/t16-,20+,21?/m0/s1. The Bertz CT molecular complexity index is 661. The largest absolute Gasteiger partial charge is 0.376 e. The van der Waals surface area contributed by atoms with Crippen molar-refractivity contribution in [1.82, 2.24) is 15.1 Å². The number of benzene rings is 1. The minimum Gasteiger partial charge on any atom is -0.376 e. The molecule has 3 atom stereocenters. The molecule has 2 fully saturated rings. The number of nitrogens with zero attached hydrogens (tertiary/aromatic N) is 2. The van der Waals surface area contributed by atoms with Crippen LogP contribution in [0.25, 0.3) is 0 Å². The lowest BCUT2D eigenvalue weighted by Gasteiger charge is -2.52. The van der Waals surface area contributed by atoms with E-state index >= 15 is 0 Å². The second kappa shape index (κ2) is 8.11. The van der Waals surface area contributed by atoms with Crippen LogP contribution in [0.4, 0.5) is 0 Å². The van der Waals surface area contributed by atoms with Crippen LogP contribution in [-0.4, -0.2) is 66.8 Å². The minimum atomic E-state index is 0.280. The lowest BCUT2D eigenvalue weighted by atomic mass is 9.87. The summed E-state index contributed by atoms with van der Waals surface area (Å²) in [7, 11) is 0. The summed E-state index contributed by atoms with van der Waals surface area (Å²) in [4.78, 5) is 5.49. The van der Waals surface area contributed by atoms with E-state index in [0.717, 1.165) is 39.2 Å². The Kier molecular flexibility index (Phi) is 5.96. The Balaban J connectivity index is 1.53. The smallest absolute Gasteiger partial charge is 0.0812 e. The maximum absolute atomic E-state index is 6.22. The Morgan fingerprint density at radius 2 is 2.04 bits per heavy atom. The van der Waals surface area contributed by atoms with E-state index in [1.165, 1.54) is 35.0 Å². The van der Waals surface area contributed by atoms with E-state index < -0.39 is 0 Å². The predicted octanol–water partition coefficient (Wildman–Crippen LogP) is 3.60. The van der Waals surface area contributed by atoms with Crippen molar-refractivity contribution in [2.45, 2.75) is 63.8 Å². The SMILES string of the molecule is CCO[C@@H]1Cc2cc(Br)ccc2C1N1CCN(C2(C)CCNCC2)C[C@@H]1C. The van der Waals surface area contributed by atoms with Crippen LogP contribution in [0.2, 0.25) is 0 Å². The van der Waals surface area contributed by atoms with Gasteiger partial charge in [0.05, 0.1) is 12.1 Å². The van der Waals surface area contributed by atoms with Crippen molar-refractivity contribution in [3.05, 3.63) is 33.8 Å². The summed E-state index contributed by atoms with van der Waals surface area (Å²) >= 11 is 3.64. The summed E-state index contributed by atoms with van der Waals surface area (Å²) in [5.41, 5.74) is 3.29. The van der Waals surface area contributed by atoms with E-state index in [4.69, 9.17) is 4.74 Å². The number of piperidine rings is 1. The zero-order chi connectivity index (χ0) is 19.0. The van der Waals surface area contributed by atoms with E-state index in [1.54, 1.807) is 0 Å². The summed E-state index contributed by atoms with van der Waals surface area (Å²) in [5, 5.41) is 3.52. The molecule has 0 bridgehead atoms. The Labute approximate surface area is 172 Å². The number of rotatable bonds is 4. The first kappa shape index (κ1) is 19.8. The van der Waals surface area contributed by atoms with Gasteiger partial charge in [-0.2, -0.15) is 0 Å². The molecule has 2 heterocycles. The molecule has 0 spiro atoms. The third kappa shape index (κ3) is 3.86. The molecule has 4 nitrogen and oxygen atoms in total. The van der Waals surface area contributed by atoms with Crippen molar-refractivity contribution in [1.29, 1.82) is 0 Å². The highest BCUT2D eigenvalue weighted by Crippen LogP contribution is 2.41. The lowest BCUT2D eigenvalue weighted by molar-refractivity contribution is -0.0588. The van der Waals surface area contributed by atoms with E-state index in [0.29, 0.717) is 17.6 Å². The van der Waals surface area contributed by atoms with Gasteiger partial charge in [0.1, 0.15) is 0 Å². The van der Waals surface area contributed by atoms with Gasteiger partial charge in [0, 0.05) is 48.7 Å². The van der Waals surface area contributed by atoms with Gasteiger partial charge < -0.3 is 10.1 Å². The van der Waals surface area contributed by atoms with E-state index in [9.17, 15) is 0 Å². The third-order valence-electron chi connectivity index (χ3n) is 7.06. The van der Waals surface area contributed by atoms with Gasteiger partial charge in [-0.05, 0) is 70.0 Å². The number of halogens is 1. The van der Waals surface area contributed by atoms with Crippen molar-refractivity contribution in [2.75, 3.05) is 39.3 Å². The quantitative estimate of drug-likeness (QED) is 0.781.